The van der Waals surface area contributed by atoms with Crippen molar-refractivity contribution in [3.8, 4) is 0 Å². The van der Waals surface area contributed by atoms with Gasteiger partial charge in [-0.2, -0.15) is 13.2 Å². The third-order valence-electron chi connectivity index (χ3n) is 2.53. The highest BCUT2D eigenvalue weighted by Crippen LogP contribution is 2.32. The number of nitrogens with two attached hydrogens (primary N) is 1. The quantitative estimate of drug-likeness (QED) is 0.822. The Morgan fingerprint density at radius 1 is 1.31 bits per heavy atom. The molecule has 16 heavy (non-hydrogen) atoms. The Morgan fingerprint density at radius 2 is 1.88 bits per heavy atom. The summed E-state index contributed by atoms with van der Waals surface area (Å²) in [6.45, 7) is 2.95. The molecule has 0 radical (unpaired) electrons. The van der Waals surface area contributed by atoms with Gasteiger partial charge in [-0.3, -0.25) is 0 Å². The van der Waals surface area contributed by atoms with Crippen molar-refractivity contribution in [2.24, 2.45) is 5.73 Å². The molecule has 0 saturated heterocycles. The number of rotatable bonds is 2. The van der Waals surface area contributed by atoms with Gasteiger partial charge in [0, 0.05) is 6.54 Å². The molecule has 2 nitrogen and oxygen atoms in total. The van der Waals surface area contributed by atoms with Crippen LogP contribution in [0.5, 0.6) is 0 Å². The fraction of sp³-hybridized carbons (Fsp3) is 0.455. The first-order chi connectivity index (χ1) is 7.18. The molecule has 0 aliphatic heterocycles. The predicted octanol–water partition coefficient (Wildman–Crippen LogP) is 2.18. The minimum atomic E-state index is -4.36. The van der Waals surface area contributed by atoms with E-state index in [0.717, 1.165) is 12.1 Å². The monoisotopic (exact) mass is 233 g/mol. The molecule has 3 N–H and O–H groups in total. The molecule has 1 atom stereocenters. The number of aliphatic hydroxyl groups is 1. The van der Waals surface area contributed by atoms with Crippen molar-refractivity contribution in [2.75, 3.05) is 6.54 Å². The molecule has 1 aromatic carbocycles. The summed E-state index contributed by atoms with van der Waals surface area (Å²) >= 11 is 0. The van der Waals surface area contributed by atoms with E-state index >= 15 is 0 Å². The normalized spacial score (nSPS) is 15.9. The molecule has 1 unspecified atom stereocenters. The van der Waals surface area contributed by atoms with Crippen molar-refractivity contribution in [1.82, 2.24) is 0 Å². The summed E-state index contributed by atoms with van der Waals surface area (Å²) < 4.78 is 37.2. The molecule has 0 saturated carbocycles. The number of halogens is 3. The first kappa shape index (κ1) is 13.0. The van der Waals surface area contributed by atoms with Gasteiger partial charge >= 0.3 is 6.18 Å². The van der Waals surface area contributed by atoms with Crippen LogP contribution < -0.4 is 5.73 Å². The molecule has 1 aromatic rings. The van der Waals surface area contributed by atoms with Crippen molar-refractivity contribution < 1.29 is 18.3 Å². The van der Waals surface area contributed by atoms with E-state index in [2.05, 4.69) is 0 Å². The second-order valence-corrected chi connectivity index (χ2v) is 4.01. The van der Waals surface area contributed by atoms with Gasteiger partial charge in [0.2, 0.25) is 0 Å². The van der Waals surface area contributed by atoms with Crippen molar-refractivity contribution >= 4 is 0 Å². The average molecular weight is 233 g/mol. The highest BCUT2D eigenvalue weighted by atomic mass is 19.4. The Bertz CT molecular complexity index is 385. The summed E-state index contributed by atoms with van der Waals surface area (Å²) in [5.41, 5.74) is 4.14. The van der Waals surface area contributed by atoms with Gasteiger partial charge in [-0.1, -0.05) is 6.07 Å². The maximum atomic E-state index is 12.4. The Kier molecular flexibility index (Phi) is 3.30. The van der Waals surface area contributed by atoms with Gasteiger partial charge in [0.25, 0.3) is 0 Å². The lowest BCUT2D eigenvalue weighted by atomic mass is 9.91. The lowest BCUT2D eigenvalue weighted by Crippen LogP contribution is -2.32. The van der Waals surface area contributed by atoms with E-state index < -0.39 is 17.3 Å². The van der Waals surface area contributed by atoms with Gasteiger partial charge in [-0.05, 0) is 37.1 Å². The molecule has 0 heterocycles. The summed E-state index contributed by atoms with van der Waals surface area (Å²) in [4.78, 5) is 0. The molecule has 0 aromatic heterocycles. The van der Waals surface area contributed by atoms with Crippen LogP contribution in [0.4, 0.5) is 13.2 Å². The van der Waals surface area contributed by atoms with Gasteiger partial charge < -0.3 is 10.8 Å². The second kappa shape index (κ2) is 4.07. The number of hydrogen-bond acceptors (Lipinski definition) is 2. The fourth-order valence-corrected chi connectivity index (χ4v) is 1.55. The predicted molar refractivity (Wildman–Crippen MR) is 54.8 cm³/mol. The van der Waals surface area contributed by atoms with E-state index in [0.29, 0.717) is 11.1 Å². The molecule has 0 fully saturated rings. The van der Waals surface area contributed by atoms with Crippen LogP contribution in [0.25, 0.3) is 0 Å². The van der Waals surface area contributed by atoms with Crippen molar-refractivity contribution in [1.29, 1.82) is 0 Å². The molecule has 0 aliphatic carbocycles. The van der Waals surface area contributed by atoms with Gasteiger partial charge in [0.1, 0.15) is 0 Å². The largest absolute Gasteiger partial charge is 0.416 e. The number of aryl methyl sites for hydroxylation is 1. The molecule has 0 amide bonds. The minimum absolute atomic E-state index is 0.0425. The fourth-order valence-electron chi connectivity index (χ4n) is 1.55. The molecule has 90 valence electrons. The Balaban J connectivity index is 3.20. The van der Waals surface area contributed by atoms with Crippen LogP contribution in [0.2, 0.25) is 0 Å². The molecular formula is C11H14F3NO. The summed E-state index contributed by atoms with van der Waals surface area (Å²) in [6, 6.07) is 3.23. The highest BCUT2D eigenvalue weighted by molar-refractivity contribution is 5.36. The zero-order valence-corrected chi connectivity index (χ0v) is 9.10. The topological polar surface area (TPSA) is 46.2 Å². The van der Waals surface area contributed by atoms with Crippen molar-refractivity contribution in [3.63, 3.8) is 0 Å². The van der Waals surface area contributed by atoms with Crippen LogP contribution in [0.1, 0.15) is 23.6 Å². The van der Waals surface area contributed by atoms with Crippen LogP contribution in [-0.2, 0) is 11.8 Å². The maximum Gasteiger partial charge on any atom is 0.416 e. The summed E-state index contributed by atoms with van der Waals surface area (Å²) in [6.07, 6.45) is -4.36. The molecule has 1 rings (SSSR count). The van der Waals surface area contributed by atoms with Gasteiger partial charge in [0.05, 0.1) is 11.2 Å². The van der Waals surface area contributed by atoms with Gasteiger partial charge in [-0.15, -0.1) is 0 Å². The summed E-state index contributed by atoms with van der Waals surface area (Å²) in [7, 11) is 0. The van der Waals surface area contributed by atoms with E-state index in [-0.39, 0.29) is 6.54 Å². The van der Waals surface area contributed by atoms with Crippen molar-refractivity contribution in [3.05, 3.63) is 34.9 Å². The standard InChI is InChI=1S/C11H14F3NO/c1-7-5-8(11(12,13)14)3-4-9(7)10(2,16)6-15/h3-5,16H,6,15H2,1-2H3. The van der Waals surface area contributed by atoms with E-state index in [1.54, 1.807) is 0 Å². The number of alkyl halides is 3. The zero-order chi connectivity index (χ0) is 12.6. The first-order valence-electron chi connectivity index (χ1n) is 4.79. The SMILES string of the molecule is Cc1cc(C(F)(F)F)ccc1C(C)(O)CN. The lowest BCUT2D eigenvalue weighted by Gasteiger charge is -2.24. The van der Waals surface area contributed by atoms with Crippen LogP contribution in [0, 0.1) is 6.92 Å². The van der Waals surface area contributed by atoms with E-state index in [1.807, 2.05) is 0 Å². The zero-order valence-electron chi connectivity index (χ0n) is 9.10. The molecular weight excluding hydrogens is 219 g/mol. The average Bonchev–Trinajstić information content (AvgIpc) is 2.16. The van der Waals surface area contributed by atoms with Gasteiger partial charge in [-0.25, -0.2) is 0 Å². The van der Waals surface area contributed by atoms with E-state index in [1.165, 1.54) is 19.9 Å². The second-order valence-electron chi connectivity index (χ2n) is 4.01. The minimum Gasteiger partial charge on any atom is -0.384 e. The van der Waals surface area contributed by atoms with Crippen molar-refractivity contribution in [2.45, 2.75) is 25.6 Å². The van der Waals surface area contributed by atoms with Gasteiger partial charge in [0.15, 0.2) is 0 Å². The highest BCUT2D eigenvalue weighted by Gasteiger charge is 2.32. The molecule has 5 heteroatoms. The Morgan fingerprint density at radius 3 is 2.25 bits per heavy atom. The maximum absolute atomic E-state index is 12.4. The number of benzene rings is 1. The van der Waals surface area contributed by atoms with E-state index in [9.17, 15) is 18.3 Å². The first-order valence-corrected chi connectivity index (χ1v) is 4.79. The Labute approximate surface area is 91.9 Å². The smallest absolute Gasteiger partial charge is 0.384 e. The van der Waals surface area contributed by atoms with Crippen LogP contribution in [0.15, 0.2) is 18.2 Å². The third-order valence-corrected chi connectivity index (χ3v) is 2.53. The molecule has 0 spiro atoms. The summed E-state index contributed by atoms with van der Waals surface area (Å²) in [5, 5.41) is 9.86. The molecule has 0 bridgehead atoms. The van der Waals surface area contributed by atoms with Crippen LogP contribution >= 0.6 is 0 Å². The van der Waals surface area contributed by atoms with Crippen LogP contribution in [0.3, 0.4) is 0 Å². The van der Waals surface area contributed by atoms with E-state index in [4.69, 9.17) is 5.73 Å². The van der Waals surface area contributed by atoms with Crippen LogP contribution in [-0.4, -0.2) is 11.7 Å². The lowest BCUT2D eigenvalue weighted by molar-refractivity contribution is -0.137. The third kappa shape index (κ3) is 2.54. The molecule has 0 aliphatic rings. The Hall–Kier alpha value is -1.07. The summed E-state index contributed by atoms with van der Waals surface area (Å²) in [5.74, 6) is 0. The number of hydrogen-bond donors (Lipinski definition) is 2.